The highest BCUT2D eigenvalue weighted by atomic mass is 32.2. The van der Waals surface area contributed by atoms with Crippen molar-refractivity contribution in [3.8, 4) is 0 Å². The van der Waals surface area contributed by atoms with Crippen LogP contribution in [0.15, 0.2) is 10.6 Å². The molecular formula is C5H7NOS. The van der Waals surface area contributed by atoms with Gasteiger partial charge in [-0.2, -0.15) is 0 Å². The smallest absolute Gasteiger partial charge is 0.158 e. The Kier molecular flexibility index (Phi) is 1.58. The molecule has 0 amide bonds. The first-order valence-electron chi connectivity index (χ1n) is 2.41. The summed E-state index contributed by atoms with van der Waals surface area (Å²) in [5.41, 5.74) is 6.17. The van der Waals surface area contributed by atoms with Crippen LogP contribution < -0.4 is 5.73 Å². The molecule has 2 N–H and O–H groups in total. The van der Waals surface area contributed by atoms with Gasteiger partial charge in [-0.05, 0) is 6.42 Å². The zero-order valence-corrected chi connectivity index (χ0v) is 5.20. The molecule has 44 valence electrons. The van der Waals surface area contributed by atoms with Gasteiger partial charge in [0, 0.05) is 11.4 Å². The van der Waals surface area contributed by atoms with Gasteiger partial charge in [-0.25, -0.2) is 0 Å². The Morgan fingerprint density at radius 1 is 1.75 bits per heavy atom. The standard InChI is InChI=1S/C5H7NOS/c6-4-1-2-8-5(4)3-7/h3H,1-2,6H2. The van der Waals surface area contributed by atoms with E-state index >= 15 is 0 Å². The number of carbonyl (C=O) groups excluding carboxylic acids is 1. The molecule has 1 aliphatic rings. The van der Waals surface area contributed by atoms with E-state index in [4.69, 9.17) is 5.73 Å². The summed E-state index contributed by atoms with van der Waals surface area (Å²) in [6.45, 7) is 0. The van der Waals surface area contributed by atoms with Gasteiger partial charge in [0.25, 0.3) is 0 Å². The summed E-state index contributed by atoms with van der Waals surface area (Å²) in [5.74, 6) is 0.972. The van der Waals surface area contributed by atoms with Crippen LogP contribution in [-0.2, 0) is 4.79 Å². The topological polar surface area (TPSA) is 43.1 Å². The van der Waals surface area contributed by atoms with Gasteiger partial charge in [-0.3, -0.25) is 4.79 Å². The molecule has 0 aliphatic carbocycles. The van der Waals surface area contributed by atoms with Crippen molar-refractivity contribution >= 4 is 18.0 Å². The van der Waals surface area contributed by atoms with Gasteiger partial charge in [0.15, 0.2) is 6.29 Å². The largest absolute Gasteiger partial charge is 0.401 e. The third-order valence-electron chi connectivity index (χ3n) is 1.05. The number of hydrogen-bond donors (Lipinski definition) is 1. The van der Waals surface area contributed by atoms with Crippen molar-refractivity contribution in [2.45, 2.75) is 6.42 Å². The summed E-state index contributed by atoms with van der Waals surface area (Å²) >= 11 is 1.54. The van der Waals surface area contributed by atoms with Crippen LogP contribution in [0.2, 0.25) is 0 Å². The van der Waals surface area contributed by atoms with Crippen LogP contribution in [0.5, 0.6) is 0 Å². The minimum absolute atomic E-state index is 0.727. The van der Waals surface area contributed by atoms with E-state index in [1.807, 2.05) is 0 Å². The second-order valence-corrected chi connectivity index (χ2v) is 2.74. The van der Waals surface area contributed by atoms with Crippen LogP contribution in [0.3, 0.4) is 0 Å². The number of nitrogens with two attached hydrogens (primary N) is 1. The molecule has 0 unspecified atom stereocenters. The lowest BCUT2D eigenvalue weighted by Gasteiger charge is -1.86. The molecule has 0 spiro atoms. The highest BCUT2D eigenvalue weighted by Gasteiger charge is 2.09. The SMILES string of the molecule is NC1=C(C=O)SCC1. The van der Waals surface area contributed by atoms with Crippen LogP contribution >= 0.6 is 11.8 Å². The minimum Gasteiger partial charge on any atom is -0.401 e. The quantitative estimate of drug-likeness (QED) is 0.524. The van der Waals surface area contributed by atoms with Crippen LogP contribution in [0, 0.1) is 0 Å². The van der Waals surface area contributed by atoms with Crippen LogP contribution in [0.4, 0.5) is 0 Å². The van der Waals surface area contributed by atoms with E-state index in [1.165, 1.54) is 11.8 Å². The van der Waals surface area contributed by atoms with Crippen molar-refractivity contribution in [1.82, 2.24) is 0 Å². The van der Waals surface area contributed by atoms with Gasteiger partial charge < -0.3 is 5.73 Å². The molecule has 8 heavy (non-hydrogen) atoms. The molecule has 2 nitrogen and oxygen atoms in total. The summed E-state index contributed by atoms with van der Waals surface area (Å²) in [4.78, 5) is 10.8. The van der Waals surface area contributed by atoms with Crippen molar-refractivity contribution in [1.29, 1.82) is 0 Å². The number of carbonyl (C=O) groups is 1. The highest BCUT2D eigenvalue weighted by Crippen LogP contribution is 2.25. The fraction of sp³-hybridized carbons (Fsp3) is 0.400. The van der Waals surface area contributed by atoms with Crippen molar-refractivity contribution in [3.63, 3.8) is 0 Å². The Labute approximate surface area is 52.1 Å². The van der Waals surface area contributed by atoms with E-state index in [0.29, 0.717) is 0 Å². The summed E-state index contributed by atoms with van der Waals surface area (Å²) < 4.78 is 0. The van der Waals surface area contributed by atoms with Gasteiger partial charge in [-0.15, -0.1) is 11.8 Å². The van der Waals surface area contributed by atoms with Gasteiger partial charge in [0.2, 0.25) is 0 Å². The minimum atomic E-state index is 0.727. The first kappa shape index (κ1) is 5.69. The molecule has 1 aliphatic heterocycles. The number of aldehydes is 1. The third kappa shape index (κ3) is 0.865. The molecule has 0 atom stereocenters. The Hall–Kier alpha value is -0.440. The lowest BCUT2D eigenvalue weighted by atomic mass is 10.3. The van der Waals surface area contributed by atoms with Gasteiger partial charge in [-0.1, -0.05) is 0 Å². The molecule has 0 saturated carbocycles. The maximum atomic E-state index is 10.1. The predicted molar refractivity (Wildman–Crippen MR) is 34.4 cm³/mol. The molecule has 0 bridgehead atoms. The van der Waals surface area contributed by atoms with Gasteiger partial charge in [0.1, 0.15) is 0 Å². The molecular weight excluding hydrogens is 122 g/mol. The predicted octanol–water partition coefficient (Wildman–Crippen LogP) is 0.493. The molecule has 0 aromatic rings. The lowest BCUT2D eigenvalue weighted by molar-refractivity contribution is -0.104. The van der Waals surface area contributed by atoms with Crippen LogP contribution in [0.1, 0.15) is 6.42 Å². The zero-order valence-electron chi connectivity index (χ0n) is 4.39. The fourth-order valence-corrected chi connectivity index (χ4v) is 1.49. The van der Waals surface area contributed by atoms with E-state index in [-0.39, 0.29) is 0 Å². The molecule has 0 saturated heterocycles. The molecule has 0 aromatic carbocycles. The summed E-state index contributed by atoms with van der Waals surface area (Å²) in [7, 11) is 0. The average molecular weight is 129 g/mol. The average Bonchev–Trinajstić information content (AvgIpc) is 2.14. The van der Waals surface area contributed by atoms with Crippen molar-refractivity contribution in [3.05, 3.63) is 10.6 Å². The zero-order chi connectivity index (χ0) is 5.98. The summed E-state index contributed by atoms with van der Waals surface area (Å²) in [6, 6.07) is 0. The number of thioether (sulfide) groups is 1. The molecule has 1 heterocycles. The van der Waals surface area contributed by atoms with Crippen molar-refractivity contribution in [2.24, 2.45) is 5.73 Å². The number of allylic oxidation sites excluding steroid dienone is 2. The maximum Gasteiger partial charge on any atom is 0.158 e. The van der Waals surface area contributed by atoms with Crippen LogP contribution in [-0.4, -0.2) is 12.0 Å². The first-order valence-corrected chi connectivity index (χ1v) is 3.40. The Balaban J connectivity index is 2.72. The van der Waals surface area contributed by atoms with Crippen molar-refractivity contribution in [2.75, 3.05) is 5.75 Å². The van der Waals surface area contributed by atoms with Gasteiger partial charge >= 0.3 is 0 Å². The fourth-order valence-electron chi connectivity index (χ4n) is 0.597. The maximum absolute atomic E-state index is 10.1. The molecule has 3 heteroatoms. The second-order valence-electron chi connectivity index (χ2n) is 1.61. The number of hydrogen-bond acceptors (Lipinski definition) is 3. The summed E-state index contributed by atoms with van der Waals surface area (Å²) in [5, 5.41) is 0. The highest BCUT2D eigenvalue weighted by molar-refractivity contribution is 8.04. The second kappa shape index (κ2) is 2.22. The Morgan fingerprint density at radius 3 is 2.75 bits per heavy atom. The molecule has 1 rings (SSSR count). The molecule has 0 aromatic heterocycles. The first-order chi connectivity index (χ1) is 3.84. The van der Waals surface area contributed by atoms with E-state index in [9.17, 15) is 4.79 Å². The number of rotatable bonds is 1. The lowest BCUT2D eigenvalue weighted by Crippen LogP contribution is -1.95. The Morgan fingerprint density at radius 2 is 2.50 bits per heavy atom. The molecule has 0 fully saturated rings. The normalized spacial score (nSPS) is 19.5. The monoisotopic (exact) mass is 129 g/mol. The van der Waals surface area contributed by atoms with Crippen molar-refractivity contribution < 1.29 is 4.79 Å². The van der Waals surface area contributed by atoms with Gasteiger partial charge in [0.05, 0.1) is 4.91 Å². The van der Waals surface area contributed by atoms with E-state index < -0.39 is 0 Å². The van der Waals surface area contributed by atoms with E-state index in [2.05, 4.69) is 0 Å². The van der Waals surface area contributed by atoms with Crippen LogP contribution in [0.25, 0.3) is 0 Å². The van der Waals surface area contributed by atoms with E-state index in [0.717, 1.165) is 29.1 Å². The summed E-state index contributed by atoms with van der Waals surface area (Å²) in [6.07, 6.45) is 1.70. The third-order valence-corrected chi connectivity index (χ3v) is 2.13. The van der Waals surface area contributed by atoms with E-state index in [1.54, 1.807) is 0 Å². The Bertz CT molecular complexity index is 141. The molecule has 0 radical (unpaired) electrons.